The van der Waals surface area contributed by atoms with Crippen LogP contribution in [0.3, 0.4) is 0 Å². The van der Waals surface area contributed by atoms with E-state index in [1.165, 1.54) is 62.0 Å². The van der Waals surface area contributed by atoms with Gasteiger partial charge in [-0.05, 0) is 12.1 Å². The summed E-state index contributed by atoms with van der Waals surface area (Å²) >= 11 is 1.36. The van der Waals surface area contributed by atoms with Crippen LogP contribution in [0.4, 0.5) is 0 Å². The van der Waals surface area contributed by atoms with Gasteiger partial charge in [-0.1, -0.05) is 45.2 Å². The molecular formula is C25H30OSiZr-4. The van der Waals surface area contributed by atoms with Crippen LogP contribution in [0.15, 0.2) is 69.9 Å². The molecule has 1 aromatic heterocycles. The average molecular weight is 466 g/mol. The number of furan rings is 1. The third kappa shape index (κ3) is 5.84. The Morgan fingerprint density at radius 1 is 1.00 bits per heavy atom. The summed E-state index contributed by atoms with van der Waals surface area (Å²) in [5.41, 5.74) is 6.73. The molecule has 1 aliphatic carbocycles. The van der Waals surface area contributed by atoms with Crippen LogP contribution >= 0.6 is 0 Å². The Balaban J connectivity index is 0.000000491. The molecule has 0 fully saturated rings. The molecule has 0 amide bonds. The number of allylic oxidation sites excluding steroid dienone is 4. The van der Waals surface area contributed by atoms with Crippen LogP contribution in [0, 0.1) is 33.8 Å². The Hall–Kier alpha value is -1.31. The van der Waals surface area contributed by atoms with E-state index in [2.05, 4.69) is 77.9 Å². The first kappa shape index (κ1) is 26.7. The summed E-state index contributed by atoms with van der Waals surface area (Å²) < 4.78 is 5.47. The van der Waals surface area contributed by atoms with Crippen LogP contribution < -0.4 is 0 Å². The molecule has 3 heteroatoms. The van der Waals surface area contributed by atoms with E-state index < -0.39 is 0 Å². The van der Waals surface area contributed by atoms with Crippen molar-refractivity contribution in [2.24, 2.45) is 5.92 Å². The quantitative estimate of drug-likeness (QED) is 0.270. The summed E-state index contributed by atoms with van der Waals surface area (Å²) in [7, 11) is 0. The number of hydrogen-bond donors (Lipinski definition) is 0. The van der Waals surface area contributed by atoms with Crippen LogP contribution in [0.5, 0.6) is 0 Å². The Morgan fingerprint density at radius 2 is 1.64 bits per heavy atom. The fraction of sp³-hybridized carbons (Fsp3) is 0.240. The van der Waals surface area contributed by atoms with Gasteiger partial charge in [-0.25, -0.2) is 5.57 Å². The van der Waals surface area contributed by atoms with E-state index in [0.717, 1.165) is 5.76 Å². The van der Waals surface area contributed by atoms with Crippen LogP contribution in [0.2, 0.25) is 0 Å². The van der Waals surface area contributed by atoms with Crippen molar-refractivity contribution in [3.63, 3.8) is 0 Å². The van der Waals surface area contributed by atoms with Crippen molar-refractivity contribution in [1.29, 1.82) is 0 Å². The standard InChI is InChI=1S/C14H11O.C9H13.2CH3.Si.Zr/c1-10-9-11-5-2-3-6-12(11)14(10)13-7-4-8-15-13;1-6-5-7(2)9(4)8(6)3;;;;/h2-9H,1H3;6H,1-4H3;2*1H3;;/q4*-1;;. The van der Waals surface area contributed by atoms with E-state index in [4.69, 9.17) is 4.42 Å². The zero-order chi connectivity index (χ0) is 19.3. The normalized spacial score (nSPS) is 14.7. The number of hydrogen-bond acceptors (Lipinski definition) is 1. The van der Waals surface area contributed by atoms with Crippen LogP contribution in [-0.2, 0) is 23.3 Å². The van der Waals surface area contributed by atoms with Gasteiger partial charge in [0.05, 0.1) is 12.0 Å². The summed E-state index contributed by atoms with van der Waals surface area (Å²) in [5, 5.41) is 2.55. The molecule has 1 heterocycles. The first-order valence-electron chi connectivity index (χ1n) is 8.70. The number of aryl methyl sites for hydroxylation is 1. The zero-order valence-electron chi connectivity index (χ0n) is 18.1. The maximum atomic E-state index is 5.47. The van der Waals surface area contributed by atoms with Crippen LogP contribution in [0.25, 0.3) is 22.1 Å². The number of benzene rings is 1. The molecule has 1 nitrogen and oxygen atoms in total. The van der Waals surface area contributed by atoms with Crippen molar-refractivity contribution in [2.75, 3.05) is 0 Å². The van der Waals surface area contributed by atoms with Gasteiger partial charge < -0.3 is 19.3 Å². The Bertz CT molecular complexity index is 929. The van der Waals surface area contributed by atoms with Crippen LogP contribution in [0.1, 0.15) is 33.3 Å². The molecule has 0 bridgehead atoms. The first-order valence-corrected chi connectivity index (χ1v) is 12.9. The topological polar surface area (TPSA) is 13.1 Å². The third-order valence-corrected chi connectivity index (χ3v) is 5.00. The SMILES string of the molecule is CC1=[C-]C(C)C(C)=C1C.Cc1[cH-]c2ccccc2c1-c1ccco1.[CH3-].[CH3-].[Si]=[Zr]. The molecule has 0 aliphatic heterocycles. The molecule has 1 atom stereocenters. The van der Waals surface area contributed by atoms with E-state index in [1.54, 1.807) is 6.26 Å². The Morgan fingerprint density at radius 3 is 2.11 bits per heavy atom. The van der Waals surface area contributed by atoms with Crippen molar-refractivity contribution in [2.45, 2.75) is 34.6 Å². The van der Waals surface area contributed by atoms with Gasteiger partial charge in [-0.15, -0.1) is 47.5 Å². The van der Waals surface area contributed by atoms with E-state index in [9.17, 15) is 0 Å². The fourth-order valence-electron chi connectivity index (χ4n) is 3.28. The molecule has 4 rings (SSSR count). The molecule has 148 valence electrons. The Kier molecular flexibility index (Phi) is 11.7. The predicted molar refractivity (Wildman–Crippen MR) is 121 cm³/mol. The summed E-state index contributed by atoms with van der Waals surface area (Å²) in [4.78, 5) is 0. The van der Waals surface area contributed by atoms with Gasteiger partial charge in [0, 0.05) is 0 Å². The van der Waals surface area contributed by atoms with E-state index in [1.807, 2.05) is 12.1 Å². The van der Waals surface area contributed by atoms with Gasteiger partial charge in [0.1, 0.15) is 0 Å². The monoisotopic (exact) mass is 464 g/mol. The van der Waals surface area contributed by atoms with E-state index in [0.29, 0.717) is 5.92 Å². The molecule has 1 unspecified atom stereocenters. The molecule has 3 aromatic rings. The minimum atomic E-state index is 0. The second kappa shape index (κ2) is 12.3. The molecule has 0 saturated carbocycles. The van der Waals surface area contributed by atoms with Crippen molar-refractivity contribution in [1.82, 2.24) is 0 Å². The fourth-order valence-corrected chi connectivity index (χ4v) is 3.28. The third-order valence-electron chi connectivity index (χ3n) is 5.00. The van der Waals surface area contributed by atoms with Crippen molar-refractivity contribution in [3.05, 3.63) is 91.9 Å². The minimum absolute atomic E-state index is 0. The molecule has 2 aromatic carbocycles. The summed E-state index contributed by atoms with van der Waals surface area (Å²) in [6.07, 6.45) is 5.08. The number of fused-ring (bicyclic) bond motifs is 1. The molecule has 28 heavy (non-hydrogen) atoms. The van der Waals surface area contributed by atoms with Crippen LogP contribution in [-0.4, -0.2) is 6.88 Å². The first-order chi connectivity index (χ1) is 12.5. The number of rotatable bonds is 1. The van der Waals surface area contributed by atoms with E-state index >= 15 is 0 Å². The predicted octanol–water partition coefficient (Wildman–Crippen LogP) is 7.37. The second-order valence-electron chi connectivity index (χ2n) is 6.57. The van der Waals surface area contributed by atoms with Crippen molar-refractivity contribution in [3.8, 4) is 11.3 Å². The van der Waals surface area contributed by atoms with Gasteiger partial charge in [-0.3, -0.25) is 6.08 Å². The van der Waals surface area contributed by atoms with Crippen molar-refractivity contribution >= 4 is 17.7 Å². The van der Waals surface area contributed by atoms with Gasteiger partial charge in [0.15, 0.2) is 0 Å². The summed E-state index contributed by atoms with van der Waals surface area (Å²) in [6, 6.07) is 14.5. The molecule has 2 radical (unpaired) electrons. The molecular weight excluding hydrogens is 436 g/mol. The van der Waals surface area contributed by atoms with Crippen molar-refractivity contribution < 1.29 is 27.8 Å². The summed E-state index contributed by atoms with van der Waals surface area (Å²) in [6.45, 7) is 13.9. The molecule has 0 spiro atoms. The van der Waals surface area contributed by atoms with Gasteiger partial charge >= 0.3 is 30.2 Å². The Labute approximate surface area is 188 Å². The maximum absolute atomic E-state index is 5.47. The molecule has 1 aliphatic rings. The van der Waals surface area contributed by atoms with Gasteiger partial charge in [0.25, 0.3) is 0 Å². The molecule has 0 saturated heterocycles. The van der Waals surface area contributed by atoms with E-state index in [-0.39, 0.29) is 14.9 Å². The van der Waals surface area contributed by atoms with Gasteiger partial charge in [0.2, 0.25) is 0 Å². The van der Waals surface area contributed by atoms with Gasteiger partial charge in [-0.2, -0.15) is 11.1 Å². The average Bonchev–Trinajstić information content (AvgIpc) is 3.33. The molecule has 0 N–H and O–H groups in total. The summed E-state index contributed by atoms with van der Waals surface area (Å²) in [5.74, 6) is 1.51. The second-order valence-corrected chi connectivity index (χ2v) is 6.57. The zero-order valence-corrected chi connectivity index (χ0v) is 21.6.